The highest BCUT2D eigenvalue weighted by Gasteiger charge is 2.12. The number of hydrogen-bond donors (Lipinski definition) is 1. The largest absolute Gasteiger partial charge is 0.368 e. The van der Waals surface area contributed by atoms with Crippen LogP contribution < -0.4 is 5.73 Å². The molecule has 106 valence electrons. The normalized spacial score (nSPS) is 12.0. The van der Waals surface area contributed by atoms with Crippen LogP contribution in [0.3, 0.4) is 0 Å². The maximum atomic E-state index is 14.1. The van der Waals surface area contributed by atoms with Crippen molar-refractivity contribution in [2.45, 2.75) is 13.8 Å². The monoisotopic (exact) mass is 283 g/mol. The van der Waals surface area contributed by atoms with Gasteiger partial charge < -0.3 is 10.1 Å². The van der Waals surface area contributed by atoms with Gasteiger partial charge in [0, 0.05) is 35.9 Å². The van der Waals surface area contributed by atoms with Crippen molar-refractivity contribution in [1.29, 1.82) is 0 Å². The predicted molar refractivity (Wildman–Crippen MR) is 79.1 cm³/mol. The van der Waals surface area contributed by atoms with Gasteiger partial charge in [-0.25, -0.2) is 19.3 Å². The Morgan fingerprint density at radius 2 is 2.19 bits per heavy atom. The Balaban J connectivity index is 2.18. The molecule has 0 aliphatic carbocycles. The molecule has 0 aromatic carbocycles. The van der Waals surface area contributed by atoms with Crippen LogP contribution in [0.15, 0.2) is 36.9 Å². The van der Waals surface area contributed by atoms with Crippen molar-refractivity contribution in [2.24, 2.45) is 0 Å². The number of anilines is 1. The molecule has 0 saturated heterocycles. The average Bonchev–Trinajstić information content (AvgIpc) is 2.91. The fourth-order valence-electron chi connectivity index (χ4n) is 2.36. The van der Waals surface area contributed by atoms with Crippen LogP contribution in [0, 0.1) is 12.7 Å². The van der Waals surface area contributed by atoms with Gasteiger partial charge in [0.1, 0.15) is 0 Å². The summed E-state index contributed by atoms with van der Waals surface area (Å²) in [7, 11) is 0. The molecule has 6 heteroatoms. The summed E-state index contributed by atoms with van der Waals surface area (Å²) in [6, 6.07) is 1.47. The van der Waals surface area contributed by atoms with E-state index in [1.54, 1.807) is 23.0 Å². The summed E-state index contributed by atoms with van der Waals surface area (Å²) in [5.41, 5.74) is 9.04. The lowest BCUT2D eigenvalue weighted by atomic mass is 9.99. The smallest absolute Gasteiger partial charge is 0.220 e. The molecule has 2 N–H and O–H groups in total. The summed E-state index contributed by atoms with van der Waals surface area (Å²) in [6.07, 6.45) is 8.66. The summed E-state index contributed by atoms with van der Waals surface area (Å²) in [5, 5.41) is 0. The van der Waals surface area contributed by atoms with E-state index in [4.69, 9.17) is 5.73 Å². The van der Waals surface area contributed by atoms with Crippen LogP contribution in [-0.4, -0.2) is 19.4 Å². The number of allylic oxidation sites excluding steroid dienone is 1. The molecule has 21 heavy (non-hydrogen) atoms. The van der Waals surface area contributed by atoms with Gasteiger partial charge in [-0.1, -0.05) is 6.08 Å². The fraction of sp³-hybridized carbons (Fsp3) is 0.133. The molecule has 0 atom stereocenters. The van der Waals surface area contributed by atoms with Gasteiger partial charge in [0.2, 0.25) is 5.95 Å². The van der Waals surface area contributed by atoms with Crippen LogP contribution >= 0.6 is 0 Å². The minimum absolute atomic E-state index is 0.225. The number of rotatable bonds is 2. The first-order valence-electron chi connectivity index (χ1n) is 6.48. The van der Waals surface area contributed by atoms with Gasteiger partial charge in [-0.3, -0.25) is 0 Å². The Kier molecular flexibility index (Phi) is 3.13. The number of imidazole rings is 1. The second-order valence-electron chi connectivity index (χ2n) is 4.66. The third kappa shape index (κ3) is 2.24. The Morgan fingerprint density at radius 1 is 1.38 bits per heavy atom. The van der Waals surface area contributed by atoms with Crippen LogP contribution in [0.1, 0.15) is 23.7 Å². The molecule has 0 radical (unpaired) electrons. The number of nitrogens with two attached hydrogens (primary N) is 1. The van der Waals surface area contributed by atoms with Crippen LogP contribution in [0.2, 0.25) is 0 Å². The molecular formula is C15H14FN5. The first kappa shape index (κ1) is 13.2. The van der Waals surface area contributed by atoms with E-state index in [2.05, 4.69) is 15.0 Å². The number of nitrogen functional groups attached to an aromatic ring is 1. The predicted octanol–water partition coefficient (Wildman–Crippen LogP) is 2.61. The van der Waals surface area contributed by atoms with Crippen molar-refractivity contribution in [2.75, 3.05) is 5.73 Å². The van der Waals surface area contributed by atoms with E-state index in [0.717, 1.165) is 22.4 Å². The van der Waals surface area contributed by atoms with E-state index in [0.29, 0.717) is 5.65 Å². The Hall–Kier alpha value is -2.76. The zero-order chi connectivity index (χ0) is 15.0. The second kappa shape index (κ2) is 4.97. The summed E-state index contributed by atoms with van der Waals surface area (Å²) in [4.78, 5) is 12.2. The van der Waals surface area contributed by atoms with Gasteiger partial charge in [-0.05, 0) is 25.5 Å². The van der Waals surface area contributed by atoms with E-state index >= 15 is 0 Å². The number of hydrogen-bond acceptors (Lipinski definition) is 4. The fourth-order valence-corrected chi connectivity index (χ4v) is 2.36. The molecule has 3 aromatic heterocycles. The molecule has 0 amide bonds. The molecule has 0 aliphatic rings. The SMILES string of the molecule is C/C=C(/c1cc(F)c2nccn2c1)c1cnc(N)nc1C. The number of pyridine rings is 1. The number of nitrogens with zero attached hydrogens (tertiary/aromatic N) is 4. The van der Waals surface area contributed by atoms with Crippen molar-refractivity contribution < 1.29 is 4.39 Å². The Bertz CT molecular complexity index is 850. The highest BCUT2D eigenvalue weighted by Crippen LogP contribution is 2.26. The molecular weight excluding hydrogens is 269 g/mol. The van der Waals surface area contributed by atoms with Gasteiger partial charge in [0.05, 0.1) is 5.69 Å². The van der Waals surface area contributed by atoms with Crippen molar-refractivity contribution >= 4 is 17.2 Å². The third-order valence-electron chi connectivity index (χ3n) is 3.33. The van der Waals surface area contributed by atoms with Crippen molar-refractivity contribution in [3.05, 3.63) is 59.6 Å². The Labute approximate surface area is 121 Å². The zero-order valence-corrected chi connectivity index (χ0v) is 11.7. The van der Waals surface area contributed by atoms with E-state index in [9.17, 15) is 4.39 Å². The van der Waals surface area contributed by atoms with Gasteiger partial charge in [-0.2, -0.15) is 0 Å². The molecule has 0 spiro atoms. The number of fused-ring (bicyclic) bond motifs is 1. The first-order valence-corrected chi connectivity index (χ1v) is 6.48. The lowest BCUT2D eigenvalue weighted by molar-refractivity contribution is 0.629. The van der Waals surface area contributed by atoms with Crippen molar-refractivity contribution in [3.8, 4) is 0 Å². The Morgan fingerprint density at radius 3 is 2.90 bits per heavy atom. The topological polar surface area (TPSA) is 69.1 Å². The maximum Gasteiger partial charge on any atom is 0.220 e. The van der Waals surface area contributed by atoms with Crippen LogP contribution in [-0.2, 0) is 0 Å². The lowest BCUT2D eigenvalue weighted by Gasteiger charge is -2.11. The molecule has 0 unspecified atom stereocenters. The lowest BCUT2D eigenvalue weighted by Crippen LogP contribution is -2.02. The van der Waals surface area contributed by atoms with Gasteiger partial charge in [-0.15, -0.1) is 0 Å². The summed E-state index contributed by atoms with van der Waals surface area (Å²) in [5.74, 6) is -0.145. The van der Waals surface area contributed by atoms with E-state index in [-0.39, 0.29) is 11.8 Å². The standard InChI is InChI=1S/C15H14FN5/c1-3-11(12-7-19-15(17)20-9(12)2)10-6-13(16)14-18-4-5-21(14)8-10/h3-8H,1-2H3,(H2,17,19,20)/b11-3-. The molecule has 0 aliphatic heterocycles. The van der Waals surface area contributed by atoms with Crippen molar-refractivity contribution in [3.63, 3.8) is 0 Å². The van der Waals surface area contributed by atoms with Crippen molar-refractivity contribution in [1.82, 2.24) is 19.4 Å². The highest BCUT2D eigenvalue weighted by atomic mass is 19.1. The minimum atomic E-state index is -0.370. The first-order chi connectivity index (χ1) is 10.1. The van der Waals surface area contributed by atoms with E-state index < -0.39 is 0 Å². The summed E-state index contributed by atoms with van der Waals surface area (Å²) < 4.78 is 15.7. The average molecular weight is 283 g/mol. The van der Waals surface area contributed by atoms with Crippen LogP contribution in [0.5, 0.6) is 0 Å². The van der Waals surface area contributed by atoms with Crippen LogP contribution in [0.25, 0.3) is 11.2 Å². The maximum absolute atomic E-state index is 14.1. The molecule has 0 saturated carbocycles. The van der Waals surface area contributed by atoms with Crippen LogP contribution in [0.4, 0.5) is 10.3 Å². The zero-order valence-electron chi connectivity index (χ0n) is 11.7. The van der Waals surface area contributed by atoms with Gasteiger partial charge in [0.15, 0.2) is 11.5 Å². The minimum Gasteiger partial charge on any atom is -0.368 e. The second-order valence-corrected chi connectivity index (χ2v) is 4.66. The molecule has 5 nitrogen and oxygen atoms in total. The molecule has 0 fully saturated rings. The summed E-state index contributed by atoms with van der Waals surface area (Å²) >= 11 is 0. The van der Waals surface area contributed by atoms with Gasteiger partial charge >= 0.3 is 0 Å². The van der Waals surface area contributed by atoms with E-state index in [1.807, 2.05) is 26.1 Å². The van der Waals surface area contributed by atoms with Gasteiger partial charge in [0.25, 0.3) is 0 Å². The number of aromatic nitrogens is 4. The number of halogens is 1. The third-order valence-corrected chi connectivity index (χ3v) is 3.33. The molecule has 3 aromatic rings. The quantitative estimate of drug-likeness (QED) is 0.785. The summed E-state index contributed by atoms with van der Waals surface area (Å²) in [6.45, 7) is 3.74. The number of aryl methyl sites for hydroxylation is 1. The molecule has 3 rings (SSSR count). The molecule has 0 bridgehead atoms. The molecule has 3 heterocycles. The van der Waals surface area contributed by atoms with E-state index in [1.165, 1.54) is 6.07 Å². The highest BCUT2D eigenvalue weighted by molar-refractivity contribution is 5.80.